The van der Waals surface area contributed by atoms with Crippen LogP contribution in [0.2, 0.25) is 0 Å². The number of nitrogens with zero attached hydrogens (tertiary/aromatic N) is 2. The highest BCUT2D eigenvalue weighted by Crippen LogP contribution is 2.34. The summed E-state index contributed by atoms with van der Waals surface area (Å²) < 4.78 is 21.5. The molecular weight excluding hydrogens is 406 g/mol. The van der Waals surface area contributed by atoms with Gasteiger partial charge in [-0.05, 0) is 55.0 Å². The predicted molar refractivity (Wildman–Crippen MR) is 103 cm³/mol. The van der Waals surface area contributed by atoms with Crippen LogP contribution in [0.15, 0.2) is 40.1 Å². The van der Waals surface area contributed by atoms with Gasteiger partial charge in [0.2, 0.25) is 0 Å². The Kier molecular flexibility index (Phi) is 5.36. The van der Waals surface area contributed by atoms with Crippen LogP contribution in [0.25, 0.3) is 11.0 Å². The lowest BCUT2D eigenvalue weighted by atomic mass is 10.2. The van der Waals surface area contributed by atoms with Gasteiger partial charge in [-0.25, -0.2) is 18.9 Å². The van der Waals surface area contributed by atoms with Crippen molar-refractivity contribution in [3.63, 3.8) is 0 Å². The number of aromatic nitrogens is 3. The van der Waals surface area contributed by atoms with Gasteiger partial charge in [-0.1, -0.05) is 0 Å². The van der Waals surface area contributed by atoms with Crippen LogP contribution in [0.3, 0.4) is 0 Å². The van der Waals surface area contributed by atoms with Crippen LogP contribution in [0, 0.1) is 0 Å². The van der Waals surface area contributed by atoms with Gasteiger partial charge in [-0.3, -0.25) is 0 Å². The number of fused-ring (bicyclic) bond motifs is 1. The molecule has 132 valence electrons. The maximum atomic E-state index is 12.1. The van der Waals surface area contributed by atoms with E-state index in [1.165, 1.54) is 6.33 Å². The molecule has 0 saturated heterocycles. The lowest BCUT2D eigenvalue weighted by Crippen LogP contribution is -2.12. The lowest BCUT2D eigenvalue weighted by molar-refractivity contribution is 0.243. The zero-order valence-electron chi connectivity index (χ0n) is 14.0. The number of nitrogens with one attached hydrogen (secondary N) is 3. The van der Waals surface area contributed by atoms with Gasteiger partial charge in [-0.2, -0.15) is 0 Å². The first-order valence-corrected chi connectivity index (χ1v) is 9.58. The van der Waals surface area contributed by atoms with Crippen molar-refractivity contribution >= 4 is 49.5 Å². The summed E-state index contributed by atoms with van der Waals surface area (Å²) in [5.74, 6) is 1.28. The van der Waals surface area contributed by atoms with Gasteiger partial charge in [0.15, 0.2) is 0 Å². The van der Waals surface area contributed by atoms with Crippen molar-refractivity contribution in [2.24, 2.45) is 0 Å². The van der Waals surface area contributed by atoms with Crippen molar-refractivity contribution in [1.29, 1.82) is 0 Å². The van der Waals surface area contributed by atoms with Crippen LogP contribution in [0.5, 0.6) is 5.75 Å². The molecule has 0 saturated carbocycles. The van der Waals surface area contributed by atoms with Crippen LogP contribution < -0.4 is 14.8 Å². The minimum atomic E-state index is -1.30. The first-order valence-electron chi connectivity index (χ1n) is 7.64. The largest absolute Gasteiger partial charge is 0.489 e. The maximum Gasteiger partial charge on any atom is 0.144 e. The number of anilines is 2. The number of halogens is 1. The molecule has 2 aromatic heterocycles. The van der Waals surface area contributed by atoms with Crippen molar-refractivity contribution < 1.29 is 8.95 Å². The standard InChI is InChI=1S/C16H18BrN5O2S/c1-9(2)24-13-5-4-10(25(23)18-3)6-12(13)22-16-14-11(17)7-19-15(14)20-8-21-16/h4-9,18H,1-3H3,(H2,19,20,21,22). The van der Waals surface area contributed by atoms with Crippen molar-refractivity contribution in [2.75, 3.05) is 12.4 Å². The van der Waals surface area contributed by atoms with Crippen molar-refractivity contribution in [3.05, 3.63) is 35.2 Å². The molecule has 3 aromatic rings. The number of hydrogen-bond acceptors (Lipinski definition) is 5. The summed E-state index contributed by atoms with van der Waals surface area (Å²) in [4.78, 5) is 12.2. The van der Waals surface area contributed by atoms with Crippen LogP contribution in [-0.4, -0.2) is 32.3 Å². The third-order valence-electron chi connectivity index (χ3n) is 3.39. The predicted octanol–water partition coefficient (Wildman–Crippen LogP) is 3.49. The molecule has 7 nitrogen and oxygen atoms in total. The second kappa shape index (κ2) is 7.51. The summed E-state index contributed by atoms with van der Waals surface area (Å²) in [6.45, 7) is 3.91. The average molecular weight is 424 g/mol. The fourth-order valence-corrected chi connectivity index (χ4v) is 3.49. The summed E-state index contributed by atoms with van der Waals surface area (Å²) >= 11 is 3.50. The quantitative estimate of drug-likeness (QED) is 0.564. The minimum absolute atomic E-state index is 0.00519. The maximum absolute atomic E-state index is 12.1. The minimum Gasteiger partial charge on any atom is -0.489 e. The molecule has 0 aliphatic carbocycles. The molecule has 0 radical (unpaired) electrons. The normalized spacial score (nSPS) is 12.5. The Morgan fingerprint density at radius 1 is 1.32 bits per heavy atom. The molecule has 0 bridgehead atoms. The van der Waals surface area contributed by atoms with Gasteiger partial charge < -0.3 is 15.0 Å². The molecule has 9 heteroatoms. The summed E-state index contributed by atoms with van der Waals surface area (Å²) in [7, 11) is 0.348. The lowest BCUT2D eigenvalue weighted by Gasteiger charge is -2.16. The van der Waals surface area contributed by atoms with Gasteiger partial charge in [0, 0.05) is 10.7 Å². The fraction of sp³-hybridized carbons (Fsp3) is 0.250. The molecule has 0 fully saturated rings. The summed E-state index contributed by atoms with van der Waals surface area (Å²) in [5, 5.41) is 4.11. The van der Waals surface area contributed by atoms with Crippen molar-refractivity contribution in [2.45, 2.75) is 24.8 Å². The van der Waals surface area contributed by atoms with Gasteiger partial charge in [0.05, 0.1) is 22.1 Å². The summed E-state index contributed by atoms with van der Waals surface area (Å²) in [5.41, 5.74) is 1.40. The van der Waals surface area contributed by atoms with Crippen LogP contribution in [-0.2, 0) is 11.0 Å². The number of ether oxygens (including phenoxy) is 1. The second-order valence-electron chi connectivity index (χ2n) is 5.50. The van der Waals surface area contributed by atoms with Gasteiger partial charge >= 0.3 is 0 Å². The Morgan fingerprint density at radius 3 is 2.84 bits per heavy atom. The highest BCUT2D eigenvalue weighted by molar-refractivity contribution is 9.10. The number of benzene rings is 1. The Morgan fingerprint density at radius 2 is 2.12 bits per heavy atom. The zero-order valence-corrected chi connectivity index (χ0v) is 16.4. The third-order valence-corrected chi connectivity index (χ3v) is 5.07. The van der Waals surface area contributed by atoms with Gasteiger partial charge in [0.1, 0.15) is 34.5 Å². The van der Waals surface area contributed by atoms with Crippen LogP contribution in [0.4, 0.5) is 11.5 Å². The molecule has 1 atom stereocenters. The molecule has 0 spiro atoms. The summed E-state index contributed by atoms with van der Waals surface area (Å²) in [6, 6.07) is 5.37. The Balaban J connectivity index is 2.07. The topological polar surface area (TPSA) is 91.9 Å². The van der Waals surface area contributed by atoms with E-state index in [0.29, 0.717) is 27.8 Å². The highest BCUT2D eigenvalue weighted by Gasteiger charge is 2.14. The highest BCUT2D eigenvalue weighted by atomic mass is 79.9. The van der Waals surface area contributed by atoms with Gasteiger partial charge in [-0.15, -0.1) is 0 Å². The zero-order chi connectivity index (χ0) is 18.0. The van der Waals surface area contributed by atoms with E-state index in [2.05, 4.69) is 40.9 Å². The SMILES string of the molecule is CNS(=O)c1ccc(OC(C)C)c(Nc2ncnc3[nH]cc(Br)c23)c1. The number of aromatic amines is 1. The van der Waals surface area contributed by atoms with E-state index in [0.717, 1.165) is 9.86 Å². The molecule has 25 heavy (non-hydrogen) atoms. The number of rotatable bonds is 6. The first-order chi connectivity index (χ1) is 12.0. The van der Waals surface area contributed by atoms with E-state index in [1.807, 2.05) is 20.0 Å². The summed E-state index contributed by atoms with van der Waals surface area (Å²) in [6.07, 6.45) is 3.29. The molecule has 0 aliphatic rings. The average Bonchev–Trinajstić information content (AvgIpc) is 2.97. The molecule has 2 heterocycles. The van der Waals surface area contributed by atoms with Crippen molar-refractivity contribution in [3.8, 4) is 5.75 Å². The first kappa shape index (κ1) is 17.8. The molecule has 1 unspecified atom stereocenters. The molecule has 0 aliphatic heterocycles. The second-order valence-corrected chi connectivity index (χ2v) is 7.78. The van der Waals surface area contributed by atoms with Gasteiger partial charge in [0.25, 0.3) is 0 Å². The molecule has 1 aromatic carbocycles. The fourth-order valence-electron chi connectivity index (χ4n) is 2.34. The number of H-pyrrole nitrogens is 1. The number of hydrogen-bond donors (Lipinski definition) is 3. The van der Waals surface area contributed by atoms with E-state index in [-0.39, 0.29) is 6.10 Å². The van der Waals surface area contributed by atoms with E-state index in [4.69, 9.17) is 4.74 Å². The third kappa shape index (κ3) is 3.83. The monoisotopic (exact) mass is 423 g/mol. The van der Waals surface area contributed by atoms with Crippen LogP contribution in [0.1, 0.15) is 13.8 Å². The molecule has 3 rings (SSSR count). The Labute approximate surface area is 156 Å². The Bertz CT molecular complexity index is 928. The molecule has 3 N–H and O–H groups in total. The Hall–Kier alpha value is -1.97. The van der Waals surface area contributed by atoms with E-state index >= 15 is 0 Å². The smallest absolute Gasteiger partial charge is 0.144 e. The molecule has 0 amide bonds. The van der Waals surface area contributed by atoms with Crippen molar-refractivity contribution in [1.82, 2.24) is 19.7 Å². The van der Waals surface area contributed by atoms with E-state index in [1.54, 1.807) is 25.2 Å². The van der Waals surface area contributed by atoms with E-state index < -0.39 is 11.0 Å². The molecular formula is C16H18BrN5O2S. The van der Waals surface area contributed by atoms with Crippen LogP contribution >= 0.6 is 15.9 Å². The van der Waals surface area contributed by atoms with E-state index in [9.17, 15) is 4.21 Å².